The molecular formula is C5H7F2O. The average molecular weight is 121 g/mol. The molecule has 0 saturated carbocycles. The molecule has 0 amide bonds. The van der Waals surface area contributed by atoms with Crippen LogP contribution in [0.25, 0.3) is 0 Å². The van der Waals surface area contributed by atoms with Gasteiger partial charge in [-0.3, -0.25) is 4.79 Å². The van der Waals surface area contributed by atoms with Gasteiger partial charge in [-0.15, -0.1) is 0 Å². The first-order chi connectivity index (χ1) is 3.62. The third-order valence-electron chi connectivity index (χ3n) is 0.713. The number of hydrogen-bond acceptors (Lipinski definition) is 1. The highest BCUT2D eigenvalue weighted by Gasteiger charge is 2.27. The van der Waals surface area contributed by atoms with Gasteiger partial charge in [0.05, 0.1) is 0 Å². The molecule has 3 heteroatoms. The molecular weight excluding hydrogens is 114 g/mol. The monoisotopic (exact) mass is 121 g/mol. The number of carbonyl (C=O) groups excluding carboxylic acids is 1. The fraction of sp³-hybridized carbons (Fsp3) is 0.800. The number of rotatable bonds is 3. The summed E-state index contributed by atoms with van der Waals surface area (Å²) in [6, 6.07) is 0. The molecule has 0 aromatic carbocycles. The molecule has 0 N–H and O–H groups in total. The molecule has 0 aromatic heterocycles. The molecule has 0 aliphatic carbocycles. The number of alkyl halides is 2. The first-order valence-corrected chi connectivity index (χ1v) is 2.39. The van der Waals surface area contributed by atoms with Gasteiger partial charge in [0.1, 0.15) is 0 Å². The molecule has 0 aromatic rings. The van der Waals surface area contributed by atoms with Crippen molar-refractivity contribution in [3.8, 4) is 0 Å². The van der Waals surface area contributed by atoms with Crippen LogP contribution in [0.2, 0.25) is 0 Å². The molecule has 47 valence electrons. The zero-order valence-electron chi connectivity index (χ0n) is 4.58. The van der Waals surface area contributed by atoms with Crippen LogP contribution >= 0.6 is 0 Å². The van der Waals surface area contributed by atoms with Gasteiger partial charge in [-0.1, -0.05) is 6.92 Å². The Morgan fingerprint density at radius 1 is 1.62 bits per heavy atom. The van der Waals surface area contributed by atoms with Crippen molar-refractivity contribution in [1.82, 2.24) is 0 Å². The van der Waals surface area contributed by atoms with E-state index in [-0.39, 0.29) is 0 Å². The zero-order chi connectivity index (χ0) is 6.62. The second kappa shape index (κ2) is 2.74. The fourth-order valence-electron chi connectivity index (χ4n) is 0.365. The van der Waals surface area contributed by atoms with Gasteiger partial charge in [0.25, 0.3) is 6.29 Å². The van der Waals surface area contributed by atoms with Crippen LogP contribution in [0.3, 0.4) is 0 Å². The Hall–Kier alpha value is -0.470. The third-order valence-corrected chi connectivity index (χ3v) is 0.713. The van der Waals surface area contributed by atoms with Gasteiger partial charge in [0, 0.05) is 6.42 Å². The number of hydrogen-bond donors (Lipinski definition) is 0. The van der Waals surface area contributed by atoms with Crippen molar-refractivity contribution in [3.63, 3.8) is 0 Å². The van der Waals surface area contributed by atoms with Crippen LogP contribution in [-0.4, -0.2) is 12.2 Å². The van der Waals surface area contributed by atoms with Crippen molar-refractivity contribution in [2.24, 2.45) is 0 Å². The summed E-state index contributed by atoms with van der Waals surface area (Å²) < 4.78 is 23.5. The van der Waals surface area contributed by atoms with Gasteiger partial charge < -0.3 is 0 Å². The zero-order valence-corrected chi connectivity index (χ0v) is 4.58. The molecule has 0 bridgehead atoms. The maximum absolute atomic E-state index is 11.7. The van der Waals surface area contributed by atoms with Gasteiger partial charge in [-0.25, -0.2) is 0 Å². The summed E-state index contributed by atoms with van der Waals surface area (Å²) in [5.74, 6) is -3.21. The molecule has 0 spiro atoms. The van der Waals surface area contributed by atoms with Crippen molar-refractivity contribution in [1.29, 1.82) is 0 Å². The summed E-state index contributed by atoms with van der Waals surface area (Å²) in [5, 5.41) is 0. The Morgan fingerprint density at radius 2 is 2.12 bits per heavy atom. The first kappa shape index (κ1) is 7.53. The molecule has 0 rings (SSSR count). The highest BCUT2D eigenvalue weighted by Crippen LogP contribution is 2.15. The van der Waals surface area contributed by atoms with Crippen molar-refractivity contribution >= 4 is 6.29 Å². The standard InChI is InChI=1S/C5H7F2O/c1-2-3-5(6,7)4-8/h2-3H2,1H3. The predicted molar refractivity (Wildman–Crippen MR) is 25.5 cm³/mol. The second-order valence-electron chi connectivity index (χ2n) is 1.56. The van der Waals surface area contributed by atoms with E-state index in [1.807, 2.05) is 0 Å². The molecule has 0 atom stereocenters. The molecule has 0 aliphatic heterocycles. The van der Waals surface area contributed by atoms with E-state index in [1.165, 1.54) is 0 Å². The maximum atomic E-state index is 11.7. The molecule has 1 radical (unpaired) electrons. The van der Waals surface area contributed by atoms with Gasteiger partial charge in [0.2, 0.25) is 0 Å². The lowest BCUT2D eigenvalue weighted by Gasteiger charge is -2.02. The van der Waals surface area contributed by atoms with Crippen LogP contribution in [0.5, 0.6) is 0 Å². The molecule has 8 heavy (non-hydrogen) atoms. The van der Waals surface area contributed by atoms with Crippen LogP contribution in [0.4, 0.5) is 8.78 Å². The number of halogens is 2. The molecule has 0 fully saturated rings. The highest BCUT2D eigenvalue weighted by molar-refractivity contribution is 5.60. The topological polar surface area (TPSA) is 17.1 Å². The Labute approximate surface area is 46.7 Å². The van der Waals surface area contributed by atoms with Gasteiger partial charge >= 0.3 is 5.92 Å². The van der Waals surface area contributed by atoms with E-state index < -0.39 is 12.3 Å². The Bertz CT molecular complexity index is 80.5. The Balaban J connectivity index is 3.53. The highest BCUT2D eigenvalue weighted by atomic mass is 19.3. The SMILES string of the molecule is CCCC(F)(F)[C]=O. The molecule has 0 heterocycles. The minimum atomic E-state index is -3.21. The summed E-state index contributed by atoms with van der Waals surface area (Å²) in [5.41, 5.74) is 0. The quantitative estimate of drug-likeness (QED) is 0.553. The Kier molecular flexibility index (Phi) is 2.58. The second-order valence-corrected chi connectivity index (χ2v) is 1.56. The minimum absolute atomic E-state index is 0.308. The lowest BCUT2D eigenvalue weighted by atomic mass is 10.2. The van der Waals surface area contributed by atoms with Crippen LogP contribution in [0, 0.1) is 0 Å². The van der Waals surface area contributed by atoms with E-state index in [2.05, 4.69) is 0 Å². The summed E-state index contributed by atoms with van der Waals surface area (Å²) >= 11 is 0. The summed E-state index contributed by atoms with van der Waals surface area (Å²) in [6.07, 6.45) is 0.574. The first-order valence-electron chi connectivity index (χ1n) is 2.39. The van der Waals surface area contributed by atoms with E-state index in [0.717, 1.165) is 0 Å². The van der Waals surface area contributed by atoms with Crippen LogP contribution in [0.15, 0.2) is 0 Å². The predicted octanol–water partition coefficient (Wildman–Crippen LogP) is 1.53. The Morgan fingerprint density at radius 3 is 2.25 bits per heavy atom. The normalized spacial score (nSPS) is 11.4. The lowest BCUT2D eigenvalue weighted by Crippen LogP contribution is -2.16. The van der Waals surface area contributed by atoms with E-state index in [9.17, 15) is 13.6 Å². The van der Waals surface area contributed by atoms with Crippen molar-refractivity contribution in [2.75, 3.05) is 0 Å². The van der Waals surface area contributed by atoms with Gasteiger partial charge in [-0.05, 0) is 6.42 Å². The fourth-order valence-corrected chi connectivity index (χ4v) is 0.365. The molecule has 0 saturated heterocycles. The van der Waals surface area contributed by atoms with Crippen molar-refractivity contribution in [3.05, 3.63) is 0 Å². The third kappa shape index (κ3) is 2.66. The van der Waals surface area contributed by atoms with E-state index in [0.29, 0.717) is 12.7 Å². The average Bonchev–Trinajstić information content (AvgIpc) is 1.67. The largest absolute Gasteiger partial charge is 0.313 e. The van der Waals surface area contributed by atoms with Gasteiger partial charge in [0.15, 0.2) is 0 Å². The van der Waals surface area contributed by atoms with Crippen LogP contribution < -0.4 is 0 Å². The minimum Gasteiger partial charge on any atom is -0.284 e. The van der Waals surface area contributed by atoms with E-state index in [1.54, 1.807) is 6.92 Å². The van der Waals surface area contributed by atoms with E-state index >= 15 is 0 Å². The van der Waals surface area contributed by atoms with Crippen LogP contribution in [0.1, 0.15) is 19.8 Å². The van der Waals surface area contributed by atoms with Crippen molar-refractivity contribution in [2.45, 2.75) is 25.7 Å². The van der Waals surface area contributed by atoms with E-state index in [4.69, 9.17) is 0 Å². The van der Waals surface area contributed by atoms with Gasteiger partial charge in [-0.2, -0.15) is 8.78 Å². The van der Waals surface area contributed by atoms with Crippen LogP contribution in [-0.2, 0) is 4.79 Å². The smallest absolute Gasteiger partial charge is 0.284 e. The molecule has 1 nitrogen and oxygen atoms in total. The molecule has 0 aliphatic rings. The van der Waals surface area contributed by atoms with Crippen molar-refractivity contribution < 1.29 is 13.6 Å². The maximum Gasteiger partial charge on any atom is 0.313 e. The summed E-state index contributed by atoms with van der Waals surface area (Å²) in [7, 11) is 0. The summed E-state index contributed by atoms with van der Waals surface area (Å²) in [6.45, 7) is 1.59. The molecule has 0 unspecified atom stereocenters. The lowest BCUT2D eigenvalue weighted by molar-refractivity contribution is 0.0640. The summed E-state index contributed by atoms with van der Waals surface area (Å²) in [4.78, 5) is 9.34.